The van der Waals surface area contributed by atoms with E-state index >= 15 is 0 Å². The van der Waals surface area contributed by atoms with E-state index in [1.165, 1.54) is 0 Å². The standard InChI is InChI=1S/C19H24O3/c1-19(2,3)12-8-4-5-11-15-16(20)13-9-6-7-10-14(13)17(21)18(15)22/h6-7,9-10,20H,4-5,8,11-12H2,1-3H3. The highest BCUT2D eigenvalue weighted by atomic mass is 16.3. The van der Waals surface area contributed by atoms with Crippen molar-refractivity contribution in [2.45, 2.75) is 52.9 Å². The molecule has 0 fully saturated rings. The van der Waals surface area contributed by atoms with Crippen LogP contribution in [0.3, 0.4) is 0 Å². The molecule has 0 unspecified atom stereocenters. The van der Waals surface area contributed by atoms with Crippen molar-refractivity contribution in [3.63, 3.8) is 0 Å². The Bertz CT molecular complexity index is 618. The predicted molar refractivity (Wildman–Crippen MR) is 87.9 cm³/mol. The minimum atomic E-state index is -0.549. The van der Waals surface area contributed by atoms with Gasteiger partial charge < -0.3 is 5.11 Å². The van der Waals surface area contributed by atoms with Gasteiger partial charge in [-0.1, -0.05) is 57.9 Å². The smallest absolute Gasteiger partial charge is 0.234 e. The van der Waals surface area contributed by atoms with Gasteiger partial charge in [0.1, 0.15) is 5.76 Å². The molecular weight excluding hydrogens is 276 g/mol. The third kappa shape index (κ3) is 3.65. The van der Waals surface area contributed by atoms with Crippen LogP contribution in [-0.2, 0) is 4.79 Å². The molecule has 0 bridgehead atoms. The van der Waals surface area contributed by atoms with Crippen LogP contribution in [0.2, 0.25) is 0 Å². The molecule has 2 rings (SSSR count). The first-order valence-electron chi connectivity index (χ1n) is 7.92. The van der Waals surface area contributed by atoms with Crippen LogP contribution in [0, 0.1) is 5.41 Å². The molecule has 0 amide bonds. The molecule has 0 aliphatic heterocycles. The molecule has 1 aromatic carbocycles. The number of carbonyl (C=O) groups excluding carboxylic acids is 2. The minimum absolute atomic E-state index is 0.0176. The van der Waals surface area contributed by atoms with Crippen molar-refractivity contribution in [1.82, 2.24) is 0 Å². The molecule has 1 aliphatic carbocycles. The number of unbranched alkanes of at least 4 members (excludes halogenated alkanes) is 2. The Morgan fingerprint density at radius 2 is 1.55 bits per heavy atom. The van der Waals surface area contributed by atoms with E-state index in [-0.39, 0.29) is 11.3 Å². The number of carbonyl (C=O) groups is 2. The van der Waals surface area contributed by atoms with Crippen molar-refractivity contribution in [1.29, 1.82) is 0 Å². The lowest BCUT2D eigenvalue weighted by atomic mass is 9.85. The zero-order valence-electron chi connectivity index (χ0n) is 13.6. The van der Waals surface area contributed by atoms with E-state index in [4.69, 9.17) is 0 Å². The average Bonchev–Trinajstić information content (AvgIpc) is 2.46. The summed E-state index contributed by atoms with van der Waals surface area (Å²) in [7, 11) is 0. The van der Waals surface area contributed by atoms with Crippen LogP contribution in [0.1, 0.15) is 68.8 Å². The summed E-state index contributed by atoms with van der Waals surface area (Å²) >= 11 is 0. The van der Waals surface area contributed by atoms with Gasteiger partial charge in [0.2, 0.25) is 11.6 Å². The summed E-state index contributed by atoms with van der Waals surface area (Å²) in [6.07, 6.45) is 4.51. The fraction of sp³-hybridized carbons (Fsp3) is 0.474. The highest BCUT2D eigenvalue weighted by Crippen LogP contribution is 2.30. The molecule has 1 aromatic rings. The highest BCUT2D eigenvalue weighted by Gasteiger charge is 2.31. The van der Waals surface area contributed by atoms with E-state index in [0.29, 0.717) is 23.0 Å². The first-order valence-corrected chi connectivity index (χ1v) is 7.92. The molecule has 1 N–H and O–H groups in total. The van der Waals surface area contributed by atoms with Crippen molar-refractivity contribution >= 4 is 17.3 Å². The van der Waals surface area contributed by atoms with Crippen LogP contribution in [0.25, 0.3) is 5.76 Å². The molecule has 0 aromatic heterocycles. The Balaban J connectivity index is 2.04. The normalized spacial score (nSPS) is 15.2. The zero-order valence-corrected chi connectivity index (χ0v) is 13.6. The average molecular weight is 300 g/mol. The second-order valence-electron chi connectivity index (χ2n) is 7.15. The summed E-state index contributed by atoms with van der Waals surface area (Å²) in [5.74, 6) is -1.07. The van der Waals surface area contributed by atoms with Gasteiger partial charge in [-0.3, -0.25) is 9.59 Å². The van der Waals surface area contributed by atoms with Gasteiger partial charge in [-0.25, -0.2) is 0 Å². The van der Waals surface area contributed by atoms with Crippen LogP contribution in [0.5, 0.6) is 0 Å². The molecule has 0 saturated heterocycles. The van der Waals surface area contributed by atoms with Gasteiger partial charge in [0.05, 0.1) is 0 Å². The second kappa shape index (κ2) is 6.47. The Morgan fingerprint density at radius 1 is 0.909 bits per heavy atom. The van der Waals surface area contributed by atoms with E-state index in [1.54, 1.807) is 24.3 Å². The summed E-state index contributed by atoms with van der Waals surface area (Å²) in [6.45, 7) is 6.63. The van der Waals surface area contributed by atoms with Crippen LogP contribution in [0.4, 0.5) is 0 Å². The zero-order chi connectivity index (χ0) is 16.3. The van der Waals surface area contributed by atoms with E-state index in [9.17, 15) is 14.7 Å². The lowest BCUT2D eigenvalue weighted by Gasteiger charge is -2.19. The van der Waals surface area contributed by atoms with E-state index in [2.05, 4.69) is 20.8 Å². The summed E-state index contributed by atoms with van der Waals surface area (Å²) in [6, 6.07) is 6.74. The number of ketones is 2. The Hall–Kier alpha value is -1.90. The SMILES string of the molecule is CC(C)(C)CCCCCC1=C(O)c2ccccc2C(=O)C1=O. The van der Waals surface area contributed by atoms with Gasteiger partial charge in [0, 0.05) is 16.7 Å². The summed E-state index contributed by atoms with van der Waals surface area (Å²) in [5.41, 5.74) is 1.38. The molecule has 22 heavy (non-hydrogen) atoms. The maximum atomic E-state index is 12.2. The Morgan fingerprint density at radius 3 is 2.18 bits per heavy atom. The minimum Gasteiger partial charge on any atom is -0.507 e. The van der Waals surface area contributed by atoms with Crippen molar-refractivity contribution in [3.8, 4) is 0 Å². The number of Topliss-reactive ketones (excluding diaryl/α,β-unsaturated/α-hetero) is 2. The van der Waals surface area contributed by atoms with E-state index in [0.717, 1.165) is 25.7 Å². The molecular formula is C19H24O3. The van der Waals surface area contributed by atoms with Crippen molar-refractivity contribution < 1.29 is 14.7 Å². The van der Waals surface area contributed by atoms with Crippen LogP contribution < -0.4 is 0 Å². The quantitative estimate of drug-likeness (QED) is 0.632. The maximum Gasteiger partial charge on any atom is 0.234 e. The largest absolute Gasteiger partial charge is 0.507 e. The molecule has 3 heteroatoms. The summed E-state index contributed by atoms with van der Waals surface area (Å²) in [4.78, 5) is 24.3. The molecule has 0 radical (unpaired) electrons. The third-order valence-corrected chi connectivity index (χ3v) is 4.05. The second-order valence-corrected chi connectivity index (χ2v) is 7.15. The fourth-order valence-corrected chi connectivity index (χ4v) is 2.78. The van der Waals surface area contributed by atoms with Crippen molar-refractivity contribution in [2.75, 3.05) is 0 Å². The van der Waals surface area contributed by atoms with Crippen LogP contribution in [-0.4, -0.2) is 16.7 Å². The number of rotatable bonds is 5. The van der Waals surface area contributed by atoms with Crippen LogP contribution >= 0.6 is 0 Å². The van der Waals surface area contributed by atoms with Gasteiger partial charge in [-0.2, -0.15) is 0 Å². The Kier molecular flexibility index (Phi) is 4.84. The van der Waals surface area contributed by atoms with Gasteiger partial charge in [-0.15, -0.1) is 0 Å². The molecule has 0 saturated carbocycles. The number of allylic oxidation sites excluding steroid dienone is 1. The monoisotopic (exact) mass is 300 g/mol. The molecule has 0 atom stereocenters. The molecule has 1 aliphatic rings. The molecule has 0 spiro atoms. The number of hydrogen-bond acceptors (Lipinski definition) is 3. The van der Waals surface area contributed by atoms with Crippen molar-refractivity contribution in [2.24, 2.45) is 5.41 Å². The van der Waals surface area contributed by atoms with E-state index < -0.39 is 11.6 Å². The van der Waals surface area contributed by atoms with Gasteiger partial charge >= 0.3 is 0 Å². The van der Waals surface area contributed by atoms with Gasteiger partial charge in [0.15, 0.2) is 0 Å². The molecule has 3 nitrogen and oxygen atoms in total. The van der Waals surface area contributed by atoms with E-state index in [1.807, 2.05) is 0 Å². The van der Waals surface area contributed by atoms with Crippen molar-refractivity contribution in [3.05, 3.63) is 41.0 Å². The first kappa shape index (κ1) is 16.5. The molecule has 0 heterocycles. The topological polar surface area (TPSA) is 54.4 Å². The third-order valence-electron chi connectivity index (χ3n) is 4.05. The number of aliphatic hydroxyl groups is 1. The fourth-order valence-electron chi connectivity index (χ4n) is 2.78. The Labute approximate surface area is 132 Å². The number of hydrogen-bond donors (Lipinski definition) is 1. The maximum absolute atomic E-state index is 12.2. The predicted octanol–water partition coefficient (Wildman–Crippen LogP) is 4.72. The first-order chi connectivity index (χ1) is 10.3. The number of benzene rings is 1. The molecule has 118 valence electrons. The summed E-state index contributed by atoms with van der Waals surface area (Å²) in [5, 5.41) is 10.3. The highest BCUT2D eigenvalue weighted by molar-refractivity contribution is 6.52. The lowest BCUT2D eigenvalue weighted by Crippen LogP contribution is -2.24. The van der Waals surface area contributed by atoms with Crippen LogP contribution in [0.15, 0.2) is 29.8 Å². The van der Waals surface area contributed by atoms with Gasteiger partial charge in [-0.05, 0) is 24.7 Å². The number of aliphatic hydroxyl groups excluding tert-OH is 1. The summed E-state index contributed by atoms with van der Waals surface area (Å²) < 4.78 is 0. The lowest BCUT2D eigenvalue weighted by molar-refractivity contribution is -0.112. The number of fused-ring (bicyclic) bond motifs is 1. The van der Waals surface area contributed by atoms with Gasteiger partial charge in [0.25, 0.3) is 0 Å².